The second-order valence-electron chi connectivity index (χ2n) is 3.97. The summed E-state index contributed by atoms with van der Waals surface area (Å²) in [5.41, 5.74) is 0.826. The number of nitrogens with zero attached hydrogens (tertiary/aromatic N) is 2. The average molecular weight is 297 g/mol. The minimum Gasteiger partial charge on any atom is -0.301 e. The second kappa shape index (κ2) is 6.00. The Morgan fingerprint density at radius 2 is 2.06 bits per heavy atom. The second-order valence-corrected chi connectivity index (χ2v) is 7.02. The monoisotopic (exact) mass is 296 g/mol. The fourth-order valence-corrected chi connectivity index (χ4v) is 2.31. The minimum atomic E-state index is -2.94. The molecule has 0 amide bonds. The maximum Gasteiger partial charge on any atom is 0.148 e. The van der Waals surface area contributed by atoms with Crippen LogP contribution in [0.5, 0.6) is 0 Å². The summed E-state index contributed by atoms with van der Waals surface area (Å²) in [6.07, 6.45) is 2.82. The van der Waals surface area contributed by atoms with Gasteiger partial charge in [0.05, 0.1) is 5.75 Å². The zero-order valence-electron chi connectivity index (χ0n) is 9.65. The maximum absolute atomic E-state index is 11.0. The van der Waals surface area contributed by atoms with Crippen LogP contribution in [0.15, 0.2) is 12.3 Å². The van der Waals surface area contributed by atoms with Gasteiger partial charge < -0.3 is 4.90 Å². The number of aromatic nitrogens is 1. The maximum atomic E-state index is 11.0. The zero-order valence-corrected chi connectivity index (χ0v) is 12.0. The van der Waals surface area contributed by atoms with Gasteiger partial charge in [0.15, 0.2) is 0 Å². The molecule has 0 aliphatic heterocycles. The summed E-state index contributed by atoms with van der Waals surface area (Å²) in [4.78, 5) is 5.81. The van der Waals surface area contributed by atoms with Crippen molar-refractivity contribution < 1.29 is 8.42 Å². The van der Waals surface area contributed by atoms with E-state index in [-0.39, 0.29) is 5.75 Å². The van der Waals surface area contributed by atoms with Crippen molar-refractivity contribution >= 4 is 33.0 Å². The van der Waals surface area contributed by atoms with Crippen LogP contribution in [0.4, 0.5) is 0 Å². The van der Waals surface area contributed by atoms with Gasteiger partial charge in [-0.3, -0.25) is 0 Å². The fourth-order valence-electron chi connectivity index (χ4n) is 1.24. The lowest BCUT2D eigenvalue weighted by atomic mass is 10.2. The topological polar surface area (TPSA) is 50.3 Å². The first-order chi connectivity index (χ1) is 7.78. The molecule has 1 aromatic heterocycles. The Labute approximate surface area is 111 Å². The van der Waals surface area contributed by atoms with Crippen LogP contribution in [0.2, 0.25) is 10.2 Å². The smallest absolute Gasteiger partial charge is 0.148 e. The molecule has 0 atom stereocenters. The van der Waals surface area contributed by atoms with Crippen molar-refractivity contribution in [3.8, 4) is 0 Å². The molecule has 0 N–H and O–H groups in total. The van der Waals surface area contributed by atoms with E-state index in [0.717, 1.165) is 5.56 Å². The SMILES string of the molecule is CN(CCS(C)(=O)=O)Cc1cnc(Cl)cc1Cl. The third-order valence-electron chi connectivity index (χ3n) is 2.18. The Kier molecular flexibility index (Phi) is 5.19. The summed E-state index contributed by atoms with van der Waals surface area (Å²) in [5.74, 6) is 0.127. The summed E-state index contributed by atoms with van der Waals surface area (Å²) in [6.45, 7) is 0.996. The number of halogens is 2. The summed E-state index contributed by atoms with van der Waals surface area (Å²) in [6, 6.07) is 1.57. The molecule has 17 heavy (non-hydrogen) atoms. The Hall–Kier alpha value is -0.360. The van der Waals surface area contributed by atoms with E-state index in [1.54, 1.807) is 12.3 Å². The highest BCUT2D eigenvalue weighted by Gasteiger charge is 2.08. The molecule has 0 saturated carbocycles. The molecule has 1 aromatic rings. The van der Waals surface area contributed by atoms with Crippen molar-refractivity contribution in [3.63, 3.8) is 0 Å². The summed E-state index contributed by atoms with van der Waals surface area (Å²) < 4.78 is 22.0. The Bertz CT molecular complexity index is 491. The minimum absolute atomic E-state index is 0.127. The van der Waals surface area contributed by atoms with E-state index in [0.29, 0.717) is 23.3 Å². The van der Waals surface area contributed by atoms with Crippen LogP contribution < -0.4 is 0 Å². The average Bonchev–Trinajstić information content (AvgIpc) is 2.18. The van der Waals surface area contributed by atoms with Crippen molar-refractivity contribution in [1.29, 1.82) is 0 Å². The first-order valence-electron chi connectivity index (χ1n) is 4.94. The van der Waals surface area contributed by atoms with Crippen molar-refractivity contribution in [2.45, 2.75) is 6.54 Å². The van der Waals surface area contributed by atoms with Crippen LogP contribution in [-0.2, 0) is 16.4 Å². The number of rotatable bonds is 5. The number of sulfone groups is 1. The first kappa shape index (κ1) is 14.7. The van der Waals surface area contributed by atoms with Crippen LogP contribution >= 0.6 is 23.2 Å². The molecule has 96 valence electrons. The number of hydrogen-bond donors (Lipinski definition) is 0. The highest BCUT2D eigenvalue weighted by molar-refractivity contribution is 7.90. The zero-order chi connectivity index (χ0) is 13.1. The molecule has 0 aliphatic carbocycles. The van der Waals surface area contributed by atoms with Crippen LogP contribution in [0.25, 0.3) is 0 Å². The third-order valence-corrected chi connectivity index (χ3v) is 3.66. The lowest BCUT2D eigenvalue weighted by molar-refractivity contribution is 0.346. The van der Waals surface area contributed by atoms with E-state index in [9.17, 15) is 8.42 Å². The lowest BCUT2D eigenvalue weighted by Gasteiger charge is -2.16. The summed E-state index contributed by atoms with van der Waals surface area (Å²) in [5, 5.41) is 0.883. The molecule has 1 heterocycles. The molecule has 0 spiro atoms. The normalized spacial score (nSPS) is 12.1. The van der Waals surface area contributed by atoms with Crippen LogP contribution in [0.1, 0.15) is 5.56 Å². The predicted octanol–water partition coefficient (Wildman–Crippen LogP) is 1.86. The van der Waals surface area contributed by atoms with Gasteiger partial charge in [-0.1, -0.05) is 23.2 Å². The van der Waals surface area contributed by atoms with Crippen molar-refractivity contribution in [2.75, 3.05) is 25.6 Å². The molecule has 0 saturated heterocycles. The molecule has 0 bridgehead atoms. The quantitative estimate of drug-likeness (QED) is 0.779. The first-order valence-corrected chi connectivity index (χ1v) is 7.76. The van der Waals surface area contributed by atoms with E-state index in [1.165, 1.54) is 6.26 Å². The fraction of sp³-hybridized carbons (Fsp3) is 0.500. The molecule has 0 fully saturated rings. The van der Waals surface area contributed by atoms with Gasteiger partial charge in [0.1, 0.15) is 15.0 Å². The molecule has 0 aliphatic rings. The van der Waals surface area contributed by atoms with Crippen LogP contribution in [0, 0.1) is 0 Å². The van der Waals surface area contributed by atoms with Gasteiger partial charge in [-0.25, -0.2) is 13.4 Å². The molecule has 0 unspecified atom stereocenters. The van der Waals surface area contributed by atoms with Gasteiger partial charge in [-0.15, -0.1) is 0 Å². The summed E-state index contributed by atoms with van der Waals surface area (Å²) in [7, 11) is -1.11. The number of pyridine rings is 1. The molecule has 4 nitrogen and oxygen atoms in total. The van der Waals surface area contributed by atoms with Gasteiger partial charge in [0.25, 0.3) is 0 Å². The largest absolute Gasteiger partial charge is 0.301 e. The molecule has 0 radical (unpaired) electrons. The lowest BCUT2D eigenvalue weighted by Crippen LogP contribution is -2.25. The Balaban J connectivity index is 2.59. The van der Waals surface area contributed by atoms with Gasteiger partial charge in [0.2, 0.25) is 0 Å². The molecule has 1 rings (SSSR count). The van der Waals surface area contributed by atoms with Gasteiger partial charge in [-0.2, -0.15) is 0 Å². The van der Waals surface area contributed by atoms with E-state index in [1.807, 2.05) is 11.9 Å². The van der Waals surface area contributed by atoms with E-state index < -0.39 is 9.84 Å². The Morgan fingerprint density at radius 3 is 2.59 bits per heavy atom. The highest BCUT2D eigenvalue weighted by atomic mass is 35.5. The predicted molar refractivity (Wildman–Crippen MR) is 70.3 cm³/mol. The van der Waals surface area contributed by atoms with Crippen LogP contribution in [0.3, 0.4) is 0 Å². The van der Waals surface area contributed by atoms with Crippen molar-refractivity contribution in [2.24, 2.45) is 0 Å². The molecular weight excluding hydrogens is 283 g/mol. The van der Waals surface area contributed by atoms with Gasteiger partial charge in [0, 0.05) is 36.1 Å². The van der Waals surface area contributed by atoms with Gasteiger partial charge >= 0.3 is 0 Å². The third kappa shape index (κ3) is 5.68. The van der Waals surface area contributed by atoms with E-state index in [2.05, 4.69) is 4.98 Å². The molecular formula is C10H14Cl2N2O2S. The van der Waals surface area contributed by atoms with Crippen LogP contribution in [-0.4, -0.2) is 43.9 Å². The molecule has 0 aromatic carbocycles. The number of hydrogen-bond acceptors (Lipinski definition) is 4. The van der Waals surface area contributed by atoms with E-state index in [4.69, 9.17) is 23.2 Å². The highest BCUT2D eigenvalue weighted by Crippen LogP contribution is 2.19. The Morgan fingerprint density at radius 1 is 1.41 bits per heavy atom. The summed E-state index contributed by atoms with van der Waals surface area (Å²) >= 11 is 11.7. The van der Waals surface area contributed by atoms with E-state index >= 15 is 0 Å². The van der Waals surface area contributed by atoms with Gasteiger partial charge in [-0.05, 0) is 13.1 Å². The molecule has 7 heteroatoms. The van der Waals surface area contributed by atoms with Crippen molar-refractivity contribution in [1.82, 2.24) is 9.88 Å². The van der Waals surface area contributed by atoms with Crippen molar-refractivity contribution in [3.05, 3.63) is 28.0 Å². The standard InChI is InChI=1S/C10H14Cl2N2O2S/c1-14(3-4-17(2,15)16)7-8-6-13-10(12)5-9(8)11/h5-6H,3-4,7H2,1-2H3.